The van der Waals surface area contributed by atoms with Gasteiger partial charge in [0.1, 0.15) is 0 Å². The molecule has 2 rings (SSSR count). The smallest absolute Gasteiger partial charge is 0.260 e. The number of ether oxygens (including phenoxy) is 2. The second-order valence-corrected chi connectivity index (χ2v) is 4.61. The highest BCUT2D eigenvalue weighted by atomic mass is 16.5. The second-order valence-electron chi connectivity index (χ2n) is 4.61. The van der Waals surface area contributed by atoms with Crippen LogP contribution in [0.5, 0.6) is 11.5 Å². The first-order valence-electron chi connectivity index (χ1n) is 6.93. The van der Waals surface area contributed by atoms with E-state index >= 15 is 0 Å². The molecular formula is C15H21NO3. The molecule has 1 aliphatic heterocycles. The summed E-state index contributed by atoms with van der Waals surface area (Å²) < 4.78 is 11.1. The fourth-order valence-electron chi connectivity index (χ4n) is 2.22. The highest BCUT2D eigenvalue weighted by Crippen LogP contribution is 2.26. The number of carbonyl (C=O) groups is 1. The van der Waals surface area contributed by atoms with Gasteiger partial charge >= 0.3 is 0 Å². The van der Waals surface area contributed by atoms with Gasteiger partial charge in [-0.25, -0.2) is 0 Å². The molecule has 0 unspecified atom stereocenters. The third kappa shape index (κ3) is 3.88. The van der Waals surface area contributed by atoms with E-state index < -0.39 is 0 Å². The maximum absolute atomic E-state index is 12.0. The lowest BCUT2D eigenvalue weighted by Crippen LogP contribution is -2.38. The molecule has 1 aromatic rings. The standard InChI is InChI=1S/C15H21NO3/c1-2-18-13-8-4-5-9-14(13)19-12-15(17)16-10-6-3-7-11-16/h4-5,8-9H,2-3,6-7,10-12H2,1H3. The predicted octanol–water partition coefficient (Wildman–Crippen LogP) is 2.48. The SMILES string of the molecule is CCOc1ccccc1OCC(=O)N1CCCCC1. The van der Waals surface area contributed by atoms with Gasteiger partial charge in [-0.15, -0.1) is 0 Å². The molecular weight excluding hydrogens is 242 g/mol. The van der Waals surface area contributed by atoms with Crippen molar-refractivity contribution in [1.82, 2.24) is 4.90 Å². The van der Waals surface area contributed by atoms with Crippen LogP contribution in [0, 0.1) is 0 Å². The number of nitrogens with zero attached hydrogens (tertiary/aromatic N) is 1. The van der Waals surface area contributed by atoms with Crippen molar-refractivity contribution in [2.75, 3.05) is 26.3 Å². The van der Waals surface area contributed by atoms with E-state index in [1.54, 1.807) is 0 Å². The summed E-state index contributed by atoms with van der Waals surface area (Å²) >= 11 is 0. The van der Waals surface area contributed by atoms with Gasteiger partial charge in [0.15, 0.2) is 18.1 Å². The largest absolute Gasteiger partial charge is 0.490 e. The van der Waals surface area contributed by atoms with Crippen molar-refractivity contribution in [3.05, 3.63) is 24.3 Å². The molecule has 0 saturated carbocycles. The molecule has 1 aliphatic rings. The van der Waals surface area contributed by atoms with Crippen LogP contribution < -0.4 is 9.47 Å². The quantitative estimate of drug-likeness (QED) is 0.819. The first kappa shape index (κ1) is 13.7. The summed E-state index contributed by atoms with van der Waals surface area (Å²) in [5.41, 5.74) is 0. The van der Waals surface area contributed by atoms with Gasteiger partial charge in [0, 0.05) is 13.1 Å². The maximum Gasteiger partial charge on any atom is 0.260 e. The molecule has 0 atom stereocenters. The van der Waals surface area contributed by atoms with Crippen molar-refractivity contribution >= 4 is 5.91 Å². The summed E-state index contributed by atoms with van der Waals surface area (Å²) in [6.45, 7) is 4.31. The summed E-state index contributed by atoms with van der Waals surface area (Å²) in [4.78, 5) is 13.9. The molecule has 0 spiro atoms. The fraction of sp³-hybridized carbons (Fsp3) is 0.533. The molecule has 1 saturated heterocycles. The van der Waals surface area contributed by atoms with Crippen molar-refractivity contribution in [2.45, 2.75) is 26.2 Å². The first-order chi connectivity index (χ1) is 9.31. The van der Waals surface area contributed by atoms with E-state index in [1.807, 2.05) is 36.1 Å². The lowest BCUT2D eigenvalue weighted by Gasteiger charge is -2.26. The molecule has 104 valence electrons. The van der Waals surface area contributed by atoms with Gasteiger partial charge in [0.2, 0.25) is 0 Å². The minimum absolute atomic E-state index is 0.0611. The average molecular weight is 263 g/mol. The summed E-state index contributed by atoms with van der Waals surface area (Å²) in [5, 5.41) is 0. The lowest BCUT2D eigenvalue weighted by molar-refractivity contribution is -0.134. The van der Waals surface area contributed by atoms with Crippen LogP contribution in [0.4, 0.5) is 0 Å². The van der Waals surface area contributed by atoms with E-state index in [1.165, 1.54) is 6.42 Å². The predicted molar refractivity (Wildman–Crippen MR) is 73.5 cm³/mol. The molecule has 0 N–H and O–H groups in total. The number of benzene rings is 1. The third-order valence-corrected chi connectivity index (χ3v) is 3.21. The lowest BCUT2D eigenvalue weighted by atomic mass is 10.1. The van der Waals surface area contributed by atoms with Gasteiger partial charge in [-0.3, -0.25) is 4.79 Å². The molecule has 19 heavy (non-hydrogen) atoms. The van der Waals surface area contributed by atoms with E-state index in [2.05, 4.69) is 0 Å². The zero-order valence-electron chi connectivity index (χ0n) is 11.4. The molecule has 1 heterocycles. The number of amides is 1. The van der Waals surface area contributed by atoms with Crippen LogP contribution in [-0.2, 0) is 4.79 Å². The van der Waals surface area contributed by atoms with E-state index in [0.29, 0.717) is 18.1 Å². The zero-order chi connectivity index (χ0) is 13.5. The molecule has 1 fully saturated rings. The van der Waals surface area contributed by atoms with E-state index in [0.717, 1.165) is 25.9 Å². The van der Waals surface area contributed by atoms with Crippen LogP contribution in [0.25, 0.3) is 0 Å². The van der Waals surface area contributed by atoms with Gasteiger partial charge in [-0.2, -0.15) is 0 Å². The molecule has 0 aromatic heterocycles. The summed E-state index contributed by atoms with van der Waals surface area (Å²) in [5.74, 6) is 1.39. The molecule has 0 bridgehead atoms. The number of likely N-dealkylation sites (tertiary alicyclic amines) is 1. The highest BCUT2D eigenvalue weighted by Gasteiger charge is 2.17. The number of para-hydroxylation sites is 2. The first-order valence-corrected chi connectivity index (χ1v) is 6.93. The normalized spacial score (nSPS) is 15.1. The van der Waals surface area contributed by atoms with Gasteiger partial charge < -0.3 is 14.4 Å². The number of hydrogen-bond acceptors (Lipinski definition) is 3. The minimum atomic E-state index is 0.0611. The molecule has 1 amide bonds. The van der Waals surface area contributed by atoms with E-state index in [4.69, 9.17) is 9.47 Å². The fourth-order valence-corrected chi connectivity index (χ4v) is 2.22. The zero-order valence-corrected chi connectivity index (χ0v) is 11.4. The molecule has 4 nitrogen and oxygen atoms in total. The number of carbonyl (C=O) groups excluding carboxylic acids is 1. The number of hydrogen-bond donors (Lipinski definition) is 0. The maximum atomic E-state index is 12.0. The Morgan fingerprint density at radius 3 is 2.37 bits per heavy atom. The van der Waals surface area contributed by atoms with Crippen molar-refractivity contribution in [2.24, 2.45) is 0 Å². The Labute approximate surface area is 114 Å². The summed E-state index contributed by atoms with van der Waals surface area (Å²) in [7, 11) is 0. The highest BCUT2D eigenvalue weighted by molar-refractivity contribution is 5.77. The van der Waals surface area contributed by atoms with Crippen LogP contribution in [0.1, 0.15) is 26.2 Å². The molecule has 1 aromatic carbocycles. The Morgan fingerprint density at radius 1 is 1.11 bits per heavy atom. The molecule has 0 aliphatic carbocycles. The van der Waals surface area contributed by atoms with Crippen molar-refractivity contribution in [3.8, 4) is 11.5 Å². The van der Waals surface area contributed by atoms with Crippen molar-refractivity contribution in [1.29, 1.82) is 0 Å². The Kier molecular flexibility index (Phi) is 5.07. The number of piperidine rings is 1. The summed E-state index contributed by atoms with van der Waals surface area (Å²) in [6.07, 6.45) is 3.42. The third-order valence-electron chi connectivity index (χ3n) is 3.21. The van der Waals surface area contributed by atoms with Gasteiger partial charge in [-0.05, 0) is 38.3 Å². The Bertz CT molecular complexity index is 414. The Balaban J connectivity index is 1.89. The van der Waals surface area contributed by atoms with Crippen LogP contribution in [0.3, 0.4) is 0 Å². The molecule has 0 radical (unpaired) electrons. The minimum Gasteiger partial charge on any atom is -0.490 e. The van der Waals surface area contributed by atoms with Crippen molar-refractivity contribution < 1.29 is 14.3 Å². The van der Waals surface area contributed by atoms with Gasteiger partial charge in [-0.1, -0.05) is 12.1 Å². The Morgan fingerprint density at radius 2 is 1.74 bits per heavy atom. The average Bonchev–Trinajstić information content (AvgIpc) is 2.47. The van der Waals surface area contributed by atoms with Crippen LogP contribution >= 0.6 is 0 Å². The van der Waals surface area contributed by atoms with Gasteiger partial charge in [0.25, 0.3) is 5.91 Å². The van der Waals surface area contributed by atoms with Gasteiger partial charge in [0.05, 0.1) is 6.61 Å². The number of rotatable bonds is 5. The Hall–Kier alpha value is -1.71. The second kappa shape index (κ2) is 7.02. The van der Waals surface area contributed by atoms with E-state index in [9.17, 15) is 4.79 Å². The summed E-state index contributed by atoms with van der Waals surface area (Å²) in [6, 6.07) is 7.45. The van der Waals surface area contributed by atoms with Crippen LogP contribution in [0.2, 0.25) is 0 Å². The topological polar surface area (TPSA) is 38.8 Å². The van der Waals surface area contributed by atoms with Crippen LogP contribution in [-0.4, -0.2) is 37.1 Å². The van der Waals surface area contributed by atoms with Crippen molar-refractivity contribution in [3.63, 3.8) is 0 Å². The van der Waals surface area contributed by atoms with Crippen LogP contribution in [0.15, 0.2) is 24.3 Å². The van der Waals surface area contributed by atoms with E-state index in [-0.39, 0.29) is 12.5 Å². The monoisotopic (exact) mass is 263 g/mol. The molecule has 4 heteroatoms.